The first kappa shape index (κ1) is 16.8. The van der Waals surface area contributed by atoms with Crippen molar-refractivity contribution in [3.8, 4) is 0 Å². The van der Waals surface area contributed by atoms with Gasteiger partial charge in [0.25, 0.3) is 0 Å². The summed E-state index contributed by atoms with van der Waals surface area (Å²) in [5, 5.41) is 0. The number of carbonyl (C=O) groups is 3. The molecule has 2 amide bonds. The van der Waals surface area contributed by atoms with Gasteiger partial charge in [-0.25, -0.2) is 4.39 Å². The quantitative estimate of drug-likeness (QED) is 0.621. The Balaban J connectivity index is 1.67. The number of carbonyl (C=O) groups excluding carboxylic acids is 3. The highest BCUT2D eigenvalue weighted by Crippen LogP contribution is 2.28. The van der Waals surface area contributed by atoms with Crippen molar-refractivity contribution in [2.75, 3.05) is 4.90 Å². The minimum Gasteiger partial charge on any atom is -0.295 e. The van der Waals surface area contributed by atoms with Crippen molar-refractivity contribution in [2.45, 2.75) is 12.8 Å². The van der Waals surface area contributed by atoms with E-state index in [1.54, 1.807) is 48.5 Å². The minimum atomic E-state index is -0.675. The summed E-state index contributed by atoms with van der Waals surface area (Å²) in [6.07, 6.45) is 2.57. The molecule has 3 rings (SSSR count). The molecule has 0 aliphatic carbocycles. The van der Waals surface area contributed by atoms with Crippen LogP contribution in [0.3, 0.4) is 0 Å². The molecular formula is C20H16FNO3. The van der Waals surface area contributed by atoms with E-state index in [4.69, 9.17) is 0 Å². The van der Waals surface area contributed by atoms with Gasteiger partial charge in [0.1, 0.15) is 5.82 Å². The summed E-state index contributed by atoms with van der Waals surface area (Å²) in [6, 6.07) is 14.7. The molecule has 0 radical (unpaired) electrons. The van der Waals surface area contributed by atoms with Crippen LogP contribution in [0.25, 0.3) is 6.08 Å². The van der Waals surface area contributed by atoms with Crippen LogP contribution in [-0.2, 0) is 14.4 Å². The number of amides is 2. The number of rotatable bonds is 5. The first-order valence-electron chi connectivity index (χ1n) is 7.93. The highest BCUT2D eigenvalue weighted by molar-refractivity contribution is 6.21. The topological polar surface area (TPSA) is 54.5 Å². The lowest BCUT2D eigenvalue weighted by Crippen LogP contribution is -2.30. The maximum Gasteiger partial charge on any atom is 0.237 e. The third kappa shape index (κ3) is 3.71. The van der Waals surface area contributed by atoms with Crippen molar-refractivity contribution in [2.24, 2.45) is 5.92 Å². The van der Waals surface area contributed by atoms with E-state index in [1.165, 1.54) is 18.2 Å². The number of imide groups is 1. The summed E-state index contributed by atoms with van der Waals surface area (Å²) < 4.78 is 13.5. The first-order chi connectivity index (χ1) is 12.1. The van der Waals surface area contributed by atoms with Gasteiger partial charge in [-0.3, -0.25) is 19.3 Å². The van der Waals surface area contributed by atoms with E-state index in [0.29, 0.717) is 11.3 Å². The molecule has 1 heterocycles. The van der Waals surface area contributed by atoms with Crippen molar-refractivity contribution >= 4 is 29.4 Å². The molecule has 0 saturated carbocycles. The molecule has 1 atom stereocenters. The molecule has 0 bridgehead atoms. The number of halogens is 1. The molecule has 5 heteroatoms. The van der Waals surface area contributed by atoms with Crippen LogP contribution in [0.5, 0.6) is 0 Å². The van der Waals surface area contributed by atoms with E-state index < -0.39 is 11.7 Å². The third-order valence-corrected chi connectivity index (χ3v) is 4.06. The molecule has 0 spiro atoms. The second kappa shape index (κ2) is 7.21. The lowest BCUT2D eigenvalue weighted by atomic mass is 10.00. The number of para-hydroxylation sites is 1. The fourth-order valence-electron chi connectivity index (χ4n) is 2.81. The van der Waals surface area contributed by atoms with Crippen LogP contribution in [0.15, 0.2) is 60.7 Å². The van der Waals surface area contributed by atoms with Crippen LogP contribution in [-0.4, -0.2) is 17.6 Å². The Morgan fingerprint density at radius 2 is 1.76 bits per heavy atom. The molecular weight excluding hydrogens is 321 g/mol. The summed E-state index contributed by atoms with van der Waals surface area (Å²) in [4.78, 5) is 37.8. The van der Waals surface area contributed by atoms with Crippen molar-refractivity contribution in [1.29, 1.82) is 0 Å². The van der Waals surface area contributed by atoms with E-state index in [9.17, 15) is 18.8 Å². The zero-order chi connectivity index (χ0) is 17.8. The standard InChI is InChI=1S/C20H16FNO3/c21-18-9-5-4-6-14(18)10-11-17(23)12-15-13-19(24)22(20(15)25)16-7-2-1-3-8-16/h1-11,15H,12-13H2/b11-10+/t15-/m0/s1. The molecule has 1 saturated heterocycles. The predicted octanol–water partition coefficient (Wildman–Crippen LogP) is 3.38. The van der Waals surface area contributed by atoms with Crippen LogP contribution in [0.4, 0.5) is 10.1 Å². The number of anilines is 1. The van der Waals surface area contributed by atoms with Crippen LogP contribution < -0.4 is 4.90 Å². The second-order valence-corrected chi connectivity index (χ2v) is 5.83. The molecule has 4 nitrogen and oxygen atoms in total. The fraction of sp³-hybridized carbons (Fsp3) is 0.150. The zero-order valence-electron chi connectivity index (χ0n) is 13.4. The SMILES string of the molecule is O=C(/C=C/c1ccccc1F)C[C@H]1CC(=O)N(c2ccccc2)C1=O. The van der Waals surface area contributed by atoms with Gasteiger partial charge < -0.3 is 0 Å². The van der Waals surface area contributed by atoms with Gasteiger partial charge in [-0.2, -0.15) is 0 Å². The Morgan fingerprint density at radius 3 is 2.48 bits per heavy atom. The average molecular weight is 337 g/mol. The molecule has 1 fully saturated rings. The van der Waals surface area contributed by atoms with Gasteiger partial charge in [-0.15, -0.1) is 0 Å². The lowest BCUT2D eigenvalue weighted by molar-refractivity contribution is -0.124. The van der Waals surface area contributed by atoms with Crippen molar-refractivity contribution < 1.29 is 18.8 Å². The van der Waals surface area contributed by atoms with Gasteiger partial charge in [0, 0.05) is 18.4 Å². The van der Waals surface area contributed by atoms with Gasteiger partial charge in [0.05, 0.1) is 11.6 Å². The summed E-state index contributed by atoms with van der Waals surface area (Å²) in [6.45, 7) is 0. The largest absolute Gasteiger partial charge is 0.295 e. The van der Waals surface area contributed by atoms with Crippen molar-refractivity contribution in [1.82, 2.24) is 0 Å². The number of nitrogens with zero attached hydrogens (tertiary/aromatic N) is 1. The number of allylic oxidation sites excluding steroid dienone is 1. The number of hydrogen-bond acceptors (Lipinski definition) is 3. The number of benzene rings is 2. The van der Waals surface area contributed by atoms with Crippen LogP contribution in [0.2, 0.25) is 0 Å². The van der Waals surface area contributed by atoms with Crippen molar-refractivity contribution in [3.05, 3.63) is 72.1 Å². The average Bonchev–Trinajstić information content (AvgIpc) is 2.88. The lowest BCUT2D eigenvalue weighted by Gasteiger charge is -2.14. The minimum absolute atomic E-state index is 0.00695. The van der Waals surface area contributed by atoms with E-state index in [2.05, 4.69) is 0 Å². The van der Waals surface area contributed by atoms with Gasteiger partial charge in [0.15, 0.2) is 5.78 Å². The Hall–Kier alpha value is -3.08. The molecule has 0 unspecified atom stereocenters. The Bertz CT molecular complexity index is 845. The molecule has 0 N–H and O–H groups in total. The maximum absolute atomic E-state index is 13.5. The van der Waals surface area contributed by atoms with E-state index in [0.717, 1.165) is 4.90 Å². The Kier molecular flexibility index (Phi) is 4.84. The van der Waals surface area contributed by atoms with Gasteiger partial charge >= 0.3 is 0 Å². The summed E-state index contributed by atoms with van der Waals surface area (Å²) in [5.41, 5.74) is 0.810. The fourth-order valence-corrected chi connectivity index (χ4v) is 2.81. The maximum atomic E-state index is 13.5. The van der Waals surface area contributed by atoms with E-state index in [1.807, 2.05) is 0 Å². The van der Waals surface area contributed by atoms with Gasteiger partial charge in [-0.1, -0.05) is 36.4 Å². The second-order valence-electron chi connectivity index (χ2n) is 5.83. The highest BCUT2D eigenvalue weighted by atomic mass is 19.1. The smallest absolute Gasteiger partial charge is 0.237 e. The first-order valence-corrected chi connectivity index (χ1v) is 7.93. The molecule has 126 valence electrons. The summed E-state index contributed by atoms with van der Waals surface area (Å²) >= 11 is 0. The molecule has 1 aliphatic rings. The molecule has 0 aromatic heterocycles. The Morgan fingerprint density at radius 1 is 1.08 bits per heavy atom. The highest BCUT2D eigenvalue weighted by Gasteiger charge is 2.39. The van der Waals surface area contributed by atoms with Crippen LogP contribution in [0, 0.1) is 11.7 Å². The van der Waals surface area contributed by atoms with Crippen molar-refractivity contribution in [3.63, 3.8) is 0 Å². The molecule has 1 aliphatic heterocycles. The Labute approximate surface area is 144 Å². The van der Waals surface area contributed by atoms with Crippen LogP contribution in [0.1, 0.15) is 18.4 Å². The molecule has 25 heavy (non-hydrogen) atoms. The molecule has 2 aromatic carbocycles. The number of ketones is 1. The number of hydrogen-bond donors (Lipinski definition) is 0. The van der Waals surface area contributed by atoms with Gasteiger partial charge in [-0.05, 0) is 30.4 Å². The predicted molar refractivity (Wildman–Crippen MR) is 92.1 cm³/mol. The summed E-state index contributed by atoms with van der Waals surface area (Å²) in [7, 11) is 0. The molecule has 2 aromatic rings. The third-order valence-electron chi connectivity index (χ3n) is 4.06. The van der Waals surface area contributed by atoms with E-state index >= 15 is 0 Å². The normalized spacial score (nSPS) is 17.5. The monoisotopic (exact) mass is 337 g/mol. The van der Waals surface area contributed by atoms with E-state index in [-0.39, 0.29) is 30.4 Å². The summed E-state index contributed by atoms with van der Waals surface area (Å²) in [5.74, 6) is -2.10. The zero-order valence-corrected chi connectivity index (χ0v) is 13.4. The van der Waals surface area contributed by atoms with Crippen LogP contribution >= 0.6 is 0 Å². The van der Waals surface area contributed by atoms with Gasteiger partial charge in [0.2, 0.25) is 11.8 Å².